The van der Waals surface area contributed by atoms with Crippen molar-refractivity contribution >= 4 is 11.8 Å². The highest BCUT2D eigenvalue weighted by molar-refractivity contribution is 6.05. The van der Waals surface area contributed by atoms with E-state index in [-0.39, 0.29) is 23.7 Å². The molecule has 0 aromatic heterocycles. The number of benzene rings is 1. The number of imide groups is 1. The highest BCUT2D eigenvalue weighted by Gasteiger charge is 2.51. The predicted octanol–water partition coefficient (Wildman–Crippen LogP) is 1.06. The monoisotopic (exact) mass is 302 g/mol. The maximum absolute atomic E-state index is 12.4. The smallest absolute Gasteiger partial charge is 0.234 e. The number of likely N-dealkylation sites (tertiary alicyclic amines) is 2. The predicted molar refractivity (Wildman–Crippen MR) is 82.0 cm³/mol. The first-order chi connectivity index (χ1) is 10.6. The fraction of sp³-hybridized carbons (Fsp3) is 0.529. The van der Waals surface area contributed by atoms with E-state index in [1.54, 1.807) is 7.11 Å². The maximum atomic E-state index is 12.4. The molecule has 2 unspecified atom stereocenters. The van der Waals surface area contributed by atoms with Gasteiger partial charge in [0.1, 0.15) is 0 Å². The van der Waals surface area contributed by atoms with Gasteiger partial charge in [-0.15, -0.1) is 0 Å². The average molecular weight is 302 g/mol. The van der Waals surface area contributed by atoms with Gasteiger partial charge in [-0.3, -0.25) is 19.4 Å². The number of hydrogen-bond acceptors (Lipinski definition) is 4. The van der Waals surface area contributed by atoms with Gasteiger partial charge < -0.3 is 4.74 Å². The average Bonchev–Trinajstić information content (AvgIpc) is 3.01. The summed E-state index contributed by atoms with van der Waals surface area (Å²) in [6.45, 7) is 5.02. The Hall–Kier alpha value is -1.72. The Balaban J connectivity index is 1.66. The van der Waals surface area contributed by atoms with E-state index in [0.717, 1.165) is 6.54 Å². The Morgan fingerprint density at radius 3 is 2.36 bits per heavy atom. The highest BCUT2D eigenvalue weighted by atomic mass is 16.5. The third kappa shape index (κ3) is 2.66. The third-order valence-corrected chi connectivity index (χ3v) is 4.74. The molecule has 0 radical (unpaired) electrons. The molecule has 1 aromatic carbocycles. The molecule has 2 amide bonds. The van der Waals surface area contributed by atoms with Crippen LogP contribution in [0, 0.1) is 18.8 Å². The molecule has 2 saturated heterocycles. The number of amides is 2. The zero-order chi connectivity index (χ0) is 15.7. The lowest BCUT2D eigenvalue weighted by Gasteiger charge is -2.21. The van der Waals surface area contributed by atoms with E-state index in [1.165, 1.54) is 16.0 Å². The Kier molecular flexibility index (Phi) is 4.27. The van der Waals surface area contributed by atoms with Crippen LogP contribution in [0.5, 0.6) is 0 Å². The molecule has 2 aliphatic heterocycles. The van der Waals surface area contributed by atoms with Crippen molar-refractivity contribution in [1.82, 2.24) is 9.80 Å². The van der Waals surface area contributed by atoms with Gasteiger partial charge in [0.05, 0.1) is 25.0 Å². The largest absolute Gasteiger partial charge is 0.383 e. The summed E-state index contributed by atoms with van der Waals surface area (Å²) in [4.78, 5) is 28.4. The quantitative estimate of drug-likeness (QED) is 0.763. The second-order valence-electron chi connectivity index (χ2n) is 6.15. The first kappa shape index (κ1) is 15.2. The first-order valence-corrected chi connectivity index (χ1v) is 7.73. The number of rotatable bonds is 5. The molecule has 2 fully saturated rings. The Morgan fingerprint density at radius 2 is 1.77 bits per heavy atom. The minimum absolute atomic E-state index is 0.0284. The molecule has 118 valence electrons. The summed E-state index contributed by atoms with van der Waals surface area (Å²) in [5.74, 6) is -0.402. The fourth-order valence-electron chi connectivity index (χ4n) is 3.46. The number of ether oxygens (including phenoxy) is 1. The Labute approximate surface area is 130 Å². The van der Waals surface area contributed by atoms with Gasteiger partial charge in [-0.05, 0) is 18.1 Å². The number of carbonyl (C=O) groups excluding carboxylic acids is 2. The van der Waals surface area contributed by atoms with Crippen molar-refractivity contribution in [3.8, 4) is 0 Å². The van der Waals surface area contributed by atoms with Crippen LogP contribution in [-0.4, -0.2) is 55.0 Å². The lowest BCUT2D eigenvalue weighted by atomic mass is 10.00. The van der Waals surface area contributed by atoms with Gasteiger partial charge in [0, 0.05) is 26.7 Å². The lowest BCUT2D eigenvalue weighted by Crippen LogP contribution is -2.37. The van der Waals surface area contributed by atoms with E-state index in [0.29, 0.717) is 26.2 Å². The topological polar surface area (TPSA) is 49.9 Å². The summed E-state index contributed by atoms with van der Waals surface area (Å²) in [6.07, 6.45) is 0. The van der Waals surface area contributed by atoms with Crippen molar-refractivity contribution in [2.45, 2.75) is 13.5 Å². The summed E-state index contributed by atoms with van der Waals surface area (Å²) < 4.78 is 4.98. The third-order valence-electron chi connectivity index (χ3n) is 4.74. The number of hydrogen-bond donors (Lipinski definition) is 0. The van der Waals surface area contributed by atoms with Crippen LogP contribution in [0.4, 0.5) is 0 Å². The van der Waals surface area contributed by atoms with Gasteiger partial charge in [-0.2, -0.15) is 0 Å². The molecule has 0 N–H and O–H groups in total. The zero-order valence-corrected chi connectivity index (χ0v) is 13.1. The molecule has 2 aliphatic rings. The second kappa shape index (κ2) is 6.18. The van der Waals surface area contributed by atoms with Crippen LogP contribution in [0.3, 0.4) is 0 Å². The van der Waals surface area contributed by atoms with Crippen LogP contribution in [-0.2, 0) is 20.9 Å². The molecule has 5 heteroatoms. The SMILES string of the molecule is COCCN1C(=O)C2CN(Cc3ccccc3C)CC2C1=O. The van der Waals surface area contributed by atoms with E-state index < -0.39 is 0 Å². The molecule has 0 bridgehead atoms. The molecule has 1 aromatic rings. The number of fused-ring (bicyclic) bond motifs is 1. The Bertz CT molecular complexity index is 563. The van der Waals surface area contributed by atoms with Crippen LogP contribution < -0.4 is 0 Å². The van der Waals surface area contributed by atoms with Crippen molar-refractivity contribution < 1.29 is 14.3 Å². The van der Waals surface area contributed by atoms with Crippen molar-refractivity contribution in [3.05, 3.63) is 35.4 Å². The molecular formula is C17H22N2O3. The van der Waals surface area contributed by atoms with E-state index >= 15 is 0 Å². The highest BCUT2D eigenvalue weighted by Crippen LogP contribution is 2.34. The minimum Gasteiger partial charge on any atom is -0.383 e. The van der Waals surface area contributed by atoms with Crippen molar-refractivity contribution in [1.29, 1.82) is 0 Å². The van der Waals surface area contributed by atoms with E-state index in [9.17, 15) is 9.59 Å². The fourth-order valence-corrected chi connectivity index (χ4v) is 3.46. The summed E-state index contributed by atoms with van der Waals surface area (Å²) >= 11 is 0. The van der Waals surface area contributed by atoms with Crippen LogP contribution in [0.15, 0.2) is 24.3 Å². The van der Waals surface area contributed by atoms with Crippen LogP contribution in [0.1, 0.15) is 11.1 Å². The molecular weight excluding hydrogens is 280 g/mol. The zero-order valence-electron chi connectivity index (χ0n) is 13.1. The second-order valence-corrected chi connectivity index (χ2v) is 6.15. The van der Waals surface area contributed by atoms with Crippen molar-refractivity contribution in [3.63, 3.8) is 0 Å². The van der Waals surface area contributed by atoms with Crippen molar-refractivity contribution in [2.24, 2.45) is 11.8 Å². The van der Waals surface area contributed by atoms with E-state index in [4.69, 9.17) is 4.74 Å². The van der Waals surface area contributed by atoms with Crippen molar-refractivity contribution in [2.75, 3.05) is 33.4 Å². The summed E-state index contributed by atoms with van der Waals surface area (Å²) in [6, 6.07) is 8.26. The molecule has 2 atom stereocenters. The summed E-state index contributed by atoms with van der Waals surface area (Å²) in [5.41, 5.74) is 2.51. The molecule has 0 spiro atoms. The normalized spacial score (nSPS) is 25.1. The number of methoxy groups -OCH3 is 1. The van der Waals surface area contributed by atoms with Gasteiger partial charge in [0.2, 0.25) is 11.8 Å². The number of nitrogens with zero attached hydrogens (tertiary/aromatic N) is 2. The molecule has 0 saturated carbocycles. The maximum Gasteiger partial charge on any atom is 0.234 e. The molecule has 3 rings (SSSR count). The number of aryl methyl sites for hydroxylation is 1. The van der Waals surface area contributed by atoms with Crippen LogP contribution >= 0.6 is 0 Å². The molecule has 5 nitrogen and oxygen atoms in total. The van der Waals surface area contributed by atoms with Gasteiger partial charge >= 0.3 is 0 Å². The van der Waals surface area contributed by atoms with Gasteiger partial charge in [0.15, 0.2) is 0 Å². The summed E-state index contributed by atoms with van der Waals surface area (Å²) in [7, 11) is 1.58. The van der Waals surface area contributed by atoms with Gasteiger partial charge in [0.25, 0.3) is 0 Å². The van der Waals surface area contributed by atoms with Gasteiger partial charge in [-0.1, -0.05) is 24.3 Å². The Morgan fingerprint density at radius 1 is 1.14 bits per heavy atom. The molecule has 0 aliphatic carbocycles. The first-order valence-electron chi connectivity index (χ1n) is 7.73. The van der Waals surface area contributed by atoms with E-state index in [1.807, 2.05) is 12.1 Å². The van der Waals surface area contributed by atoms with E-state index in [2.05, 4.69) is 24.0 Å². The van der Waals surface area contributed by atoms with Crippen LogP contribution in [0.25, 0.3) is 0 Å². The van der Waals surface area contributed by atoms with Crippen LogP contribution in [0.2, 0.25) is 0 Å². The number of carbonyl (C=O) groups is 2. The summed E-state index contributed by atoms with van der Waals surface area (Å²) in [5, 5.41) is 0. The van der Waals surface area contributed by atoms with Gasteiger partial charge in [-0.25, -0.2) is 0 Å². The molecule has 2 heterocycles. The lowest BCUT2D eigenvalue weighted by molar-refractivity contribution is -0.141. The minimum atomic E-state index is -0.173. The standard InChI is InChI=1S/C17H22N2O3/c1-12-5-3-4-6-13(12)9-18-10-14-15(11-18)17(21)19(16(14)20)7-8-22-2/h3-6,14-15H,7-11H2,1-2H3. The molecule has 22 heavy (non-hydrogen) atoms.